The first-order chi connectivity index (χ1) is 12.2. The van der Waals surface area contributed by atoms with Gasteiger partial charge < -0.3 is 14.7 Å². The van der Waals surface area contributed by atoms with E-state index in [0.717, 1.165) is 31.5 Å². The second-order valence-electron chi connectivity index (χ2n) is 7.14. The Labute approximate surface area is 147 Å². The monoisotopic (exact) mass is 341 g/mol. The van der Waals surface area contributed by atoms with Crippen LogP contribution in [0.15, 0.2) is 36.7 Å². The van der Waals surface area contributed by atoms with Crippen molar-refractivity contribution in [2.75, 3.05) is 26.8 Å². The highest BCUT2D eigenvalue weighted by molar-refractivity contribution is 5.94. The molecule has 1 saturated carbocycles. The van der Waals surface area contributed by atoms with Crippen LogP contribution >= 0.6 is 0 Å². The number of hydrogen-bond donors (Lipinski definition) is 1. The summed E-state index contributed by atoms with van der Waals surface area (Å²) in [5.74, 6) is 1.12. The SMILES string of the molecule is COc1ccccc1-n1cc(C(=O)N2C[C@@H]3CCC[C@]3(CO)C2)cn1. The third-order valence-corrected chi connectivity index (χ3v) is 5.80. The van der Waals surface area contributed by atoms with Crippen LogP contribution in [0.2, 0.25) is 0 Å². The predicted octanol–water partition coefficient (Wildman–Crippen LogP) is 2.12. The molecule has 2 aromatic rings. The zero-order valence-corrected chi connectivity index (χ0v) is 14.4. The molecule has 2 aliphatic rings. The van der Waals surface area contributed by atoms with Crippen molar-refractivity contribution in [1.82, 2.24) is 14.7 Å². The zero-order valence-electron chi connectivity index (χ0n) is 14.4. The maximum absolute atomic E-state index is 12.9. The number of methoxy groups -OCH3 is 1. The van der Waals surface area contributed by atoms with Crippen molar-refractivity contribution < 1.29 is 14.6 Å². The van der Waals surface area contributed by atoms with E-state index in [0.29, 0.717) is 23.8 Å². The summed E-state index contributed by atoms with van der Waals surface area (Å²) in [6.07, 6.45) is 6.62. The predicted molar refractivity (Wildman–Crippen MR) is 92.9 cm³/mol. The van der Waals surface area contributed by atoms with E-state index in [-0.39, 0.29) is 17.9 Å². The molecule has 0 unspecified atom stereocenters. The number of rotatable bonds is 4. The molecule has 1 aromatic carbocycles. The smallest absolute Gasteiger partial charge is 0.257 e. The van der Waals surface area contributed by atoms with Crippen LogP contribution in [-0.4, -0.2) is 52.5 Å². The fourth-order valence-electron chi connectivity index (χ4n) is 4.39. The number of fused-ring (bicyclic) bond motifs is 1. The highest BCUT2D eigenvalue weighted by atomic mass is 16.5. The van der Waals surface area contributed by atoms with Crippen molar-refractivity contribution in [1.29, 1.82) is 0 Å². The summed E-state index contributed by atoms with van der Waals surface area (Å²) in [6, 6.07) is 7.58. The molecular formula is C19H23N3O3. The van der Waals surface area contributed by atoms with Gasteiger partial charge >= 0.3 is 0 Å². The summed E-state index contributed by atoms with van der Waals surface area (Å²) < 4.78 is 7.03. The van der Waals surface area contributed by atoms with Gasteiger partial charge in [-0.15, -0.1) is 0 Å². The number of amides is 1. The number of ether oxygens (including phenoxy) is 1. The fourth-order valence-corrected chi connectivity index (χ4v) is 4.39. The minimum Gasteiger partial charge on any atom is -0.494 e. The Morgan fingerprint density at radius 3 is 3.04 bits per heavy atom. The zero-order chi connectivity index (χ0) is 17.4. The molecule has 1 saturated heterocycles. The van der Waals surface area contributed by atoms with E-state index >= 15 is 0 Å². The van der Waals surface area contributed by atoms with E-state index in [2.05, 4.69) is 5.10 Å². The molecule has 132 valence electrons. The van der Waals surface area contributed by atoms with Gasteiger partial charge in [-0.05, 0) is 30.9 Å². The van der Waals surface area contributed by atoms with E-state index < -0.39 is 0 Å². The molecule has 2 fully saturated rings. The first-order valence-corrected chi connectivity index (χ1v) is 8.75. The first kappa shape index (κ1) is 16.1. The molecule has 0 spiro atoms. The largest absolute Gasteiger partial charge is 0.494 e. The van der Waals surface area contributed by atoms with Gasteiger partial charge in [0.1, 0.15) is 11.4 Å². The number of para-hydroxylation sites is 2. The van der Waals surface area contributed by atoms with E-state index in [4.69, 9.17) is 4.74 Å². The van der Waals surface area contributed by atoms with Crippen molar-refractivity contribution in [3.8, 4) is 11.4 Å². The van der Waals surface area contributed by atoms with Crippen LogP contribution in [-0.2, 0) is 0 Å². The second kappa shape index (κ2) is 6.19. The molecule has 25 heavy (non-hydrogen) atoms. The van der Waals surface area contributed by atoms with Gasteiger partial charge in [-0.1, -0.05) is 18.6 Å². The van der Waals surface area contributed by atoms with Crippen LogP contribution < -0.4 is 4.74 Å². The molecule has 2 heterocycles. The standard InChI is InChI=1S/C19H23N3O3/c1-25-17-7-3-2-6-16(17)22-10-14(9-20-22)18(24)21-11-15-5-4-8-19(15,12-21)13-23/h2-3,6-7,9-10,15,23H,4-5,8,11-13H2,1H3/t15-,19+/m0/s1. The summed E-state index contributed by atoms with van der Waals surface area (Å²) in [5.41, 5.74) is 1.28. The lowest BCUT2D eigenvalue weighted by Gasteiger charge is -2.25. The summed E-state index contributed by atoms with van der Waals surface area (Å²) in [5, 5.41) is 14.2. The van der Waals surface area contributed by atoms with Crippen LogP contribution in [0.1, 0.15) is 29.6 Å². The Kier molecular flexibility index (Phi) is 4.00. The van der Waals surface area contributed by atoms with Crippen LogP contribution in [0.4, 0.5) is 0 Å². The Bertz CT molecular complexity index is 788. The third kappa shape index (κ3) is 2.61. The number of carbonyl (C=O) groups excluding carboxylic acids is 1. The van der Waals surface area contributed by atoms with Gasteiger partial charge in [0.25, 0.3) is 5.91 Å². The average Bonchev–Trinajstić information content (AvgIpc) is 3.34. The van der Waals surface area contributed by atoms with Gasteiger partial charge in [0.15, 0.2) is 0 Å². The number of aliphatic hydroxyl groups is 1. The topological polar surface area (TPSA) is 67.6 Å². The average molecular weight is 341 g/mol. The fraction of sp³-hybridized carbons (Fsp3) is 0.474. The Balaban J connectivity index is 1.56. The lowest BCUT2D eigenvalue weighted by molar-refractivity contribution is 0.0734. The van der Waals surface area contributed by atoms with Gasteiger partial charge in [-0.3, -0.25) is 4.79 Å². The normalized spacial score (nSPS) is 25.2. The van der Waals surface area contributed by atoms with Crippen molar-refractivity contribution in [3.63, 3.8) is 0 Å². The molecule has 6 heteroatoms. The molecule has 0 radical (unpaired) electrons. The lowest BCUT2D eigenvalue weighted by atomic mass is 9.82. The van der Waals surface area contributed by atoms with Gasteiger partial charge in [-0.25, -0.2) is 4.68 Å². The van der Waals surface area contributed by atoms with Crippen molar-refractivity contribution in [2.24, 2.45) is 11.3 Å². The van der Waals surface area contributed by atoms with Crippen molar-refractivity contribution >= 4 is 5.91 Å². The number of aliphatic hydroxyl groups excluding tert-OH is 1. The van der Waals surface area contributed by atoms with Crippen molar-refractivity contribution in [3.05, 3.63) is 42.2 Å². The van der Waals surface area contributed by atoms with Crippen LogP contribution in [0.25, 0.3) is 5.69 Å². The molecule has 1 aromatic heterocycles. The Morgan fingerprint density at radius 2 is 2.28 bits per heavy atom. The summed E-state index contributed by atoms with van der Waals surface area (Å²) >= 11 is 0. The molecule has 1 N–H and O–H groups in total. The molecule has 4 rings (SSSR count). The number of hydrogen-bond acceptors (Lipinski definition) is 4. The third-order valence-electron chi connectivity index (χ3n) is 5.80. The molecule has 1 aliphatic carbocycles. The molecule has 6 nitrogen and oxygen atoms in total. The molecular weight excluding hydrogens is 318 g/mol. The summed E-state index contributed by atoms with van der Waals surface area (Å²) in [7, 11) is 1.62. The van der Waals surface area contributed by atoms with Crippen molar-refractivity contribution in [2.45, 2.75) is 19.3 Å². The Morgan fingerprint density at radius 1 is 1.44 bits per heavy atom. The van der Waals surface area contributed by atoms with Gasteiger partial charge in [-0.2, -0.15) is 5.10 Å². The number of nitrogens with zero attached hydrogens (tertiary/aromatic N) is 3. The number of aromatic nitrogens is 2. The van der Waals surface area contributed by atoms with Gasteiger partial charge in [0.2, 0.25) is 0 Å². The molecule has 1 aliphatic heterocycles. The minimum atomic E-state index is -0.0890. The summed E-state index contributed by atoms with van der Waals surface area (Å²) in [4.78, 5) is 14.8. The molecule has 2 atom stereocenters. The number of benzene rings is 1. The maximum Gasteiger partial charge on any atom is 0.257 e. The highest BCUT2D eigenvalue weighted by Gasteiger charge is 2.50. The quantitative estimate of drug-likeness (QED) is 0.925. The number of likely N-dealkylation sites (tertiary alicyclic amines) is 1. The van der Waals surface area contributed by atoms with Gasteiger partial charge in [0.05, 0.1) is 25.5 Å². The molecule has 0 bridgehead atoms. The second-order valence-corrected chi connectivity index (χ2v) is 7.14. The maximum atomic E-state index is 12.9. The van der Waals surface area contributed by atoms with Crippen LogP contribution in [0.3, 0.4) is 0 Å². The van der Waals surface area contributed by atoms with E-state index in [9.17, 15) is 9.90 Å². The minimum absolute atomic E-state index is 0.0108. The van der Waals surface area contributed by atoms with E-state index in [1.807, 2.05) is 29.2 Å². The van der Waals surface area contributed by atoms with Crippen LogP contribution in [0.5, 0.6) is 5.75 Å². The van der Waals surface area contributed by atoms with E-state index in [1.165, 1.54) is 0 Å². The molecule has 1 amide bonds. The lowest BCUT2D eigenvalue weighted by Crippen LogP contribution is -2.33. The highest BCUT2D eigenvalue weighted by Crippen LogP contribution is 2.48. The Hall–Kier alpha value is -2.34. The van der Waals surface area contributed by atoms with Gasteiger partial charge in [0, 0.05) is 24.7 Å². The summed E-state index contributed by atoms with van der Waals surface area (Å²) in [6.45, 7) is 1.55. The van der Waals surface area contributed by atoms with E-state index in [1.54, 1.807) is 24.2 Å². The number of carbonyl (C=O) groups is 1. The van der Waals surface area contributed by atoms with Crippen LogP contribution in [0, 0.1) is 11.3 Å². The first-order valence-electron chi connectivity index (χ1n) is 8.75.